The first-order valence-electron chi connectivity index (χ1n) is 7.79. The van der Waals surface area contributed by atoms with Gasteiger partial charge in [-0.05, 0) is 71.1 Å². The van der Waals surface area contributed by atoms with Gasteiger partial charge in [-0.15, -0.1) is 0 Å². The van der Waals surface area contributed by atoms with Crippen molar-refractivity contribution in [3.05, 3.63) is 0 Å². The van der Waals surface area contributed by atoms with E-state index in [2.05, 4.69) is 16.8 Å². The van der Waals surface area contributed by atoms with Crippen LogP contribution in [0.15, 0.2) is 0 Å². The van der Waals surface area contributed by atoms with Crippen molar-refractivity contribution in [2.45, 2.75) is 63.5 Å². The molecular formula is C15H28N2. The van der Waals surface area contributed by atoms with Crippen LogP contribution in [-0.2, 0) is 0 Å². The van der Waals surface area contributed by atoms with Crippen LogP contribution in [0.4, 0.5) is 0 Å². The van der Waals surface area contributed by atoms with Gasteiger partial charge in [0, 0.05) is 12.1 Å². The van der Waals surface area contributed by atoms with E-state index in [4.69, 9.17) is 0 Å². The maximum absolute atomic E-state index is 2.93. The molecule has 0 N–H and O–H groups in total. The lowest BCUT2D eigenvalue weighted by Gasteiger charge is -2.49. The van der Waals surface area contributed by atoms with Crippen LogP contribution in [0.1, 0.15) is 51.4 Å². The quantitative estimate of drug-likeness (QED) is 0.691. The number of nitrogens with zero attached hydrogens (tertiary/aromatic N) is 2. The molecule has 0 aromatic rings. The molecule has 3 rings (SSSR count). The lowest BCUT2D eigenvalue weighted by Crippen LogP contribution is -2.54. The summed E-state index contributed by atoms with van der Waals surface area (Å²) < 4.78 is 0. The second-order valence-corrected chi connectivity index (χ2v) is 6.53. The third-order valence-electron chi connectivity index (χ3n) is 5.44. The number of fused-ring (bicyclic) bond motifs is 1. The van der Waals surface area contributed by atoms with E-state index < -0.39 is 0 Å². The van der Waals surface area contributed by atoms with Crippen LogP contribution in [0, 0.1) is 5.92 Å². The number of hydrogen-bond acceptors (Lipinski definition) is 2. The lowest BCUT2D eigenvalue weighted by atomic mass is 9.77. The van der Waals surface area contributed by atoms with Crippen LogP contribution in [0.3, 0.4) is 0 Å². The Balaban J connectivity index is 1.64. The Morgan fingerprint density at radius 3 is 2.29 bits per heavy atom. The third kappa shape index (κ3) is 2.53. The van der Waals surface area contributed by atoms with Gasteiger partial charge in [0.15, 0.2) is 0 Å². The highest BCUT2D eigenvalue weighted by molar-refractivity contribution is 4.92. The maximum Gasteiger partial charge on any atom is 0.0126 e. The Labute approximate surface area is 106 Å². The first-order chi connectivity index (χ1) is 8.34. The molecule has 2 heterocycles. The van der Waals surface area contributed by atoms with E-state index in [0.717, 1.165) is 18.0 Å². The summed E-state index contributed by atoms with van der Waals surface area (Å²) in [5.41, 5.74) is 0. The molecule has 17 heavy (non-hydrogen) atoms. The molecule has 1 aliphatic carbocycles. The molecule has 98 valence electrons. The summed E-state index contributed by atoms with van der Waals surface area (Å²) in [6, 6.07) is 1.88. The maximum atomic E-state index is 2.93. The highest BCUT2D eigenvalue weighted by Gasteiger charge is 2.37. The molecule has 2 atom stereocenters. The summed E-state index contributed by atoms with van der Waals surface area (Å²) >= 11 is 0. The van der Waals surface area contributed by atoms with Crippen molar-refractivity contribution < 1.29 is 0 Å². The molecule has 0 amide bonds. The van der Waals surface area contributed by atoms with Crippen molar-refractivity contribution in [1.82, 2.24) is 9.80 Å². The molecule has 0 aromatic carbocycles. The second-order valence-electron chi connectivity index (χ2n) is 6.53. The van der Waals surface area contributed by atoms with Gasteiger partial charge in [-0.3, -0.25) is 4.90 Å². The molecule has 3 fully saturated rings. The summed E-state index contributed by atoms with van der Waals surface area (Å²) in [5, 5.41) is 0. The summed E-state index contributed by atoms with van der Waals surface area (Å²) in [6.07, 6.45) is 11.8. The monoisotopic (exact) mass is 236 g/mol. The Hall–Kier alpha value is -0.0800. The molecule has 0 aromatic heterocycles. The van der Waals surface area contributed by atoms with E-state index in [1.54, 1.807) is 0 Å². The Morgan fingerprint density at radius 2 is 1.47 bits per heavy atom. The zero-order chi connectivity index (χ0) is 11.7. The fraction of sp³-hybridized carbons (Fsp3) is 1.00. The first-order valence-corrected chi connectivity index (χ1v) is 7.79. The summed E-state index contributed by atoms with van der Waals surface area (Å²) in [5.74, 6) is 1.05. The largest absolute Gasteiger partial charge is 0.306 e. The summed E-state index contributed by atoms with van der Waals surface area (Å²) in [7, 11) is 2.27. The molecule has 0 spiro atoms. The Kier molecular flexibility index (Phi) is 3.72. The minimum Gasteiger partial charge on any atom is -0.306 e. The Morgan fingerprint density at radius 1 is 0.765 bits per heavy atom. The zero-order valence-electron chi connectivity index (χ0n) is 11.4. The fourth-order valence-electron chi connectivity index (χ4n) is 4.44. The van der Waals surface area contributed by atoms with Crippen molar-refractivity contribution in [2.24, 2.45) is 5.92 Å². The molecule has 0 unspecified atom stereocenters. The number of rotatable bonds is 1. The molecule has 0 radical (unpaired) electrons. The van der Waals surface area contributed by atoms with Crippen molar-refractivity contribution in [3.8, 4) is 0 Å². The average Bonchev–Trinajstić information content (AvgIpc) is 2.39. The van der Waals surface area contributed by atoms with Gasteiger partial charge in [0.1, 0.15) is 0 Å². The zero-order valence-corrected chi connectivity index (χ0v) is 11.4. The third-order valence-corrected chi connectivity index (χ3v) is 5.44. The van der Waals surface area contributed by atoms with Crippen molar-refractivity contribution in [3.63, 3.8) is 0 Å². The van der Waals surface area contributed by atoms with Crippen LogP contribution in [-0.4, -0.2) is 48.6 Å². The van der Waals surface area contributed by atoms with Crippen LogP contribution in [0.2, 0.25) is 0 Å². The number of hydrogen-bond donors (Lipinski definition) is 0. The van der Waals surface area contributed by atoms with Gasteiger partial charge in [0.05, 0.1) is 0 Å². The molecular weight excluding hydrogens is 208 g/mol. The fourth-order valence-corrected chi connectivity index (χ4v) is 4.44. The van der Waals surface area contributed by atoms with E-state index in [9.17, 15) is 0 Å². The lowest BCUT2D eigenvalue weighted by molar-refractivity contribution is 0.00483. The average molecular weight is 236 g/mol. The van der Waals surface area contributed by atoms with Gasteiger partial charge in [0.25, 0.3) is 0 Å². The molecule has 0 bridgehead atoms. The number of piperidine rings is 2. The van der Waals surface area contributed by atoms with Gasteiger partial charge >= 0.3 is 0 Å². The van der Waals surface area contributed by atoms with Crippen LogP contribution < -0.4 is 0 Å². The predicted octanol–water partition coefficient (Wildman–Crippen LogP) is 2.74. The number of likely N-dealkylation sites (tertiary alicyclic amines) is 2. The summed E-state index contributed by atoms with van der Waals surface area (Å²) in [4.78, 5) is 5.43. The first kappa shape index (κ1) is 12.0. The predicted molar refractivity (Wildman–Crippen MR) is 72.2 cm³/mol. The van der Waals surface area contributed by atoms with Crippen molar-refractivity contribution in [1.29, 1.82) is 0 Å². The van der Waals surface area contributed by atoms with E-state index in [1.807, 2.05) is 0 Å². The standard InChI is InChI=1S/C15H28N2/c1-16-11-8-14(9-12-16)17-10-4-6-13-5-2-3-7-15(13)17/h13-15H,2-12H2,1H3/t13-,15-/m0/s1. The van der Waals surface area contributed by atoms with Crippen molar-refractivity contribution >= 4 is 0 Å². The van der Waals surface area contributed by atoms with E-state index in [1.165, 1.54) is 71.0 Å². The van der Waals surface area contributed by atoms with Crippen LogP contribution in [0.5, 0.6) is 0 Å². The van der Waals surface area contributed by atoms with Gasteiger partial charge in [-0.2, -0.15) is 0 Å². The molecule has 2 saturated heterocycles. The minimum absolute atomic E-state index is 0.914. The van der Waals surface area contributed by atoms with E-state index >= 15 is 0 Å². The summed E-state index contributed by atoms with van der Waals surface area (Å²) in [6.45, 7) is 4.03. The topological polar surface area (TPSA) is 6.48 Å². The van der Waals surface area contributed by atoms with Gasteiger partial charge < -0.3 is 4.90 Å². The van der Waals surface area contributed by atoms with Crippen LogP contribution in [0.25, 0.3) is 0 Å². The van der Waals surface area contributed by atoms with Gasteiger partial charge in [-0.1, -0.05) is 12.8 Å². The van der Waals surface area contributed by atoms with Crippen molar-refractivity contribution in [2.75, 3.05) is 26.7 Å². The molecule has 1 saturated carbocycles. The van der Waals surface area contributed by atoms with Crippen LogP contribution >= 0.6 is 0 Å². The highest BCUT2D eigenvalue weighted by Crippen LogP contribution is 2.37. The smallest absolute Gasteiger partial charge is 0.0126 e. The van der Waals surface area contributed by atoms with E-state index in [0.29, 0.717) is 0 Å². The molecule has 2 nitrogen and oxygen atoms in total. The van der Waals surface area contributed by atoms with Gasteiger partial charge in [0.2, 0.25) is 0 Å². The van der Waals surface area contributed by atoms with E-state index in [-0.39, 0.29) is 0 Å². The SMILES string of the molecule is CN1CCC(N2CCC[C@@H]3CCCC[C@@H]32)CC1. The molecule has 3 aliphatic rings. The van der Waals surface area contributed by atoms with Gasteiger partial charge in [-0.25, -0.2) is 0 Å². The second kappa shape index (κ2) is 5.27. The molecule has 2 heteroatoms. The normalized spacial score (nSPS) is 37.9. The Bertz CT molecular complexity index is 243. The molecule has 2 aliphatic heterocycles. The minimum atomic E-state index is 0.914. The highest BCUT2D eigenvalue weighted by atomic mass is 15.2.